The highest BCUT2D eigenvalue weighted by molar-refractivity contribution is 5.23. The fourth-order valence-electron chi connectivity index (χ4n) is 0.842. The van der Waals surface area contributed by atoms with Gasteiger partial charge in [-0.25, -0.2) is 13.2 Å². The van der Waals surface area contributed by atoms with Crippen LogP contribution in [0.2, 0.25) is 0 Å². The van der Waals surface area contributed by atoms with Crippen LogP contribution in [0, 0.1) is 5.82 Å². The summed E-state index contributed by atoms with van der Waals surface area (Å²) in [5.74, 6) is -1.69. The van der Waals surface area contributed by atoms with E-state index in [1.54, 1.807) is 4.98 Å². The normalized spacial score (nSPS) is 10.5. The predicted octanol–water partition coefficient (Wildman–Crippen LogP) is 1.46. The standard InChI is InChI=1S/C7H6F3NO2/c1-13-5-3(8)2-4(6(9)10)11-7(5)12/h2,6H,1H3,(H,11,12). The summed E-state index contributed by atoms with van der Waals surface area (Å²) in [5, 5.41) is 0. The number of aromatic amines is 1. The maximum Gasteiger partial charge on any atom is 0.293 e. The summed E-state index contributed by atoms with van der Waals surface area (Å²) in [5.41, 5.74) is -1.76. The summed E-state index contributed by atoms with van der Waals surface area (Å²) >= 11 is 0. The predicted molar refractivity (Wildman–Crippen MR) is 38.5 cm³/mol. The van der Waals surface area contributed by atoms with Gasteiger partial charge in [-0.3, -0.25) is 4.79 Å². The summed E-state index contributed by atoms with van der Waals surface area (Å²) < 4.78 is 41.1. The minimum atomic E-state index is -2.91. The molecule has 0 saturated carbocycles. The third-order valence-corrected chi connectivity index (χ3v) is 1.40. The van der Waals surface area contributed by atoms with E-state index in [9.17, 15) is 18.0 Å². The zero-order valence-electron chi connectivity index (χ0n) is 6.61. The third kappa shape index (κ3) is 1.82. The first-order valence-corrected chi connectivity index (χ1v) is 3.31. The van der Waals surface area contributed by atoms with Gasteiger partial charge in [-0.15, -0.1) is 0 Å². The van der Waals surface area contributed by atoms with Gasteiger partial charge in [-0.05, 0) is 0 Å². The van der Waals surface area contributed by atoms with E-state index in [1.807, 2.05) is 0 Å². The Morgan fingerprint density at radius 3 is 2.54 bits per heavy atom. The minimum Gasteiger partial charge on any atom is -0.489 e. The van der Waals surface area contributed by atoms with Crippen LogP contribution in [-0.2, 0) is 0 Å². The van der Waals surface area contributed by atoms with Crippen molar-refractivity contribution in [2.45, 2.75) is 6.43 Å². The van der Waals surface area contributed by atoms with Crippen LogP contribution < -0.4 is 10.3 Å². The Morgan fingerprint density at radius 1 is 1.54 bits per heavy atom. The molecule has 6 heteroatoms. The van der Waals surface area contributed by atoms with Crippen molar-refractivity contribution >= 4 is 0 Å². The molecule has 0 radical (unpaired) electrons. The van der Waals surface area contributed by atoms with Gasteiger partial charge in [-0.1, -0.05) is 0 Å². The number of nitrogens with one attached hydrogen (secondary N) is 1. The first kappa shape index (κ1) is 9.63. The van der Waals surface area contributed by atoms with Crippen LogP contribution in [0.4, 0.5) is 13.2 Å². The van der Waals surface area contributed by atoms with Crippen LogP contribution in [0.3, 0.4) is 0 Å². The van der Waals surface area contributed by atoms with Crippen molar-refractivity contribution in [3.05, 3.63) is 27.9 Å². The van der Waals surface area contributed by atoms with Crippen LogP contribution in [0.15, 0.2) is 10.9 Å². The number of alkyl halides is 2. The Hall–Kier alpha value is -1.46. The molecule has 0 unspecified atom stereocenters. The lowest BCUT2D eigenvalue weighted by Gasteiger charge is -2.03. The molecule has 0 spiro atoms. The lowest BCUT2D eigenvalue weighted by atomic mass is 10.3. The van der Waals surface area contributed by atoms with Crippen molar-refractivity contribution < 1.29 is 17.9 Å². The van der Waals surface area contributed by atoms with Gasteiger partial charge in [0, 0.05) is 6.07 Å². The number of hydrogen-bond acceptors (Lipinski definition) is 2. The summed E-state index contributed by atoms with van der Waals surface area (Å²) in [6.45, 7) is 0. The molecule has 0 amide bonds. The number of pyridine rings is 1. The zero-order valence-corrected chi connectivity index (χ0v) is 6.61. The van der Waals surface area contributed by atoms with Gasteiger partial charge in [0.05, 0.1) is 12.8 Å². The van der Waals surface area contributed by atoms with Gasteiger partial charge in [0.1, 0.15) is 0 Å². The molecule has 0 bridgehead atoms. The monoisotopic (exact) mass is 193 g/mol. The molecule has 0 aliphatic rings. The highest BCUT2D eigenvalue weighted by Crippen LogP contribution is 2.18. The molecular weight excluding hydrogens is 187 g/mol. The Bertz CT molecular complexity index is 361. The molecule has 1 N–H and O–H groups in total. The molecule has 1 aromatic heterocycles. The van der Waals surface area contributed by atoms with E-state index >= 15 is 0 Å². The van der Waals surface area contributed by atoms with Crippen LogP contribution in [0.5, 0.6) is 5.75 Å². The molecular formula is C7H6F3NO2. The molecule has 0 aliphatic carbocycles. The van der Waals surface area contributed by atoms with Crippen molar-refractivity contribution in [3.8, 4) is 5.75 Å². The minimum absolute atomic E-state index is 0.533. The number of halogens is 3. The highest BCUT2D eigenvalue weighted by atomic mass is 19.3. The van der Waals surface area contributed by atoms with E-state index in [1.165, 1.54) is 0 Å². The van der Waals surface area contributed by atoms with E-state index in [0.717, 1.165) is 7.11 Å². The average molecular weight is 193 g/mol. The zero-order chi connectivity index (χ0) is 10.0. The van der Waals surface area contributed by atoms with Gasteiger partial charge >= 0.3 is 0 Å². The van der Waals surface area contributed by atoms with Crippen molar-refractivity contribution in [1.82, 2.24) is 4.98 Å². The van der Waals surface area contributed by atoms with Crippen LogP contribution in [0.25, 0.3) is 0 Å². The maximum atomic E-state index is 12.8. The lowest BCUT2D eigenvalue weighted by Crippen LogP contribution is -2.13. The molecule has 0 fully saturated rings. The largest absolute Gasteiger partial charge is 0.489 e. The van der Waals surface area contributed by atoms with E-state index in [0.29, 0.717) is 6.07 Å². The molecule has 0 saturated heterocycles. The van der Waals surface area contributed by atoms with Crippen molar-refractivity contribution in [1.29, 1.82) is 0 Å². The van der Waals surface area contributed by atoms with Crippen LogP contribution in [0.1, 0.15) is 12.1 Å². The topological polar surface area (TPSA) is 42.1 Å². The SMILES string of the molecule is COc1c(F)cc(C(F)F)[nH]c1=O. The first-order valence-electron chi connectivity index (χ1n) is 3.31. The number of aromatic nitrogens is 1. The van der Waals surface area contributed by atoms with Gasteiger partial charge in [0.25, 0.3) is 12.0 Å². The third-order valence-electron chi connectivity index (χ3n) is 1.40. The van der Waals surface area contributed by atoms with Gasteiger partial charge in [0.15, 0.2) is 5.82 Å². The number of ether oxygens (including phenoxy) is 1. The van der Waals surface area contributed by atoms with Crippen LogP contribution >= 0.6 is 0 Å². The molecule has 0 aromatic carbocycles. The summed E-state index contributed by atoms with van der Waals surface area (Å²) in [6, 6.07) is 0.533. The Kier molecular flexibility index (Phi) is 2.60. The molecule has 0 atom stereocenters. The molecule has 1 aromatic rings. The molecule has 0 aliphatic heterocycles. The Morgan fingerprint density at radius 2 is 2.15 bits per heavy atom. The smallest absolute Gasteiger partial charge is 0.293 e. The second kappa shape index (κ2) is 3.51. The van der Waals surface area contributed by atoms with Crippen molar-refractivity contribution in [3.63, 3.8) is 0 Å². The van der Waals surface area contributed by atoms with E-state index in [4.69, 9.17) is 0 Å². The molecule has 1 rings (SSSR count). The lowest BCUT2D eigenvalue weighted by molar-refractivity contribution is 0.145. The fraction of sp³-hybridized carbons (Fsp3) is 0.286. The molecule has 1 heterocycles. The summed E-state index contributed by atoms with van der Waals surface area (Å²) in [6.07, 6.45) is -2.91. The number of hydrogen-bond donors (Lipinski definition) is 1. The second-order valence-electron chi connectivity index (χ2n) is 2.24. The first-order chi connectivity index (χ1) is 6.06. The molecule has 13 heavy (non-hydrogen) atoms. The Labute approximate surface area is 71.2 Å². The highest BCUT2D eigenvalue weighted by Gasteiger charge is 2.14. The second-order valence-corrected chi connectivity index (χ2v) is 2.24. The maximum absolute atomic E-state index is 12.8. The van der Waals surface area contributed by atoms with Gasteiger partial charge in [-0.2, -0.15) is 0 Å². The van der Waals surface area contributed by atoms with Crippen molar-refractivity contribution in [2.24, 2.45) is 0 Å². The molecule has 72 valence electrons. The quantitative estimate of drug-likeness (QED) is 0.772. The van der Waals surface area contributed by atoms with Crippen molar-refractivity contribution in [2.75, 3.05) is 7.11 Å². The molecule has 3 nitrogen and oxygen atoms in total. The summed E-state index contributed by atoms with van der Waals surface area (Å²) in [4.78, 5) is 12.6. The Balaban J connectivity index is 3.29. The van der Waals surface area contributed by atoms with Gasteiger partial charge in [0.2, 0.25) is 5.75 Å². The number of H-pyrrole nitrogens is 1. The average Bonchev–Trinajstić information content (AvgIpc) is 2.03. The van der Waals surface area contributed by atoms with E-state index < -0.39 is 29.2 Å². The number of rotatable bonds is 2. The van der Waals surface area contributed by atoms with Gasteiger partial charge < -0.3 is 9.72 Å². The summed E-state index contributed by atoms with van der Waals surface area (Å²) in [7, 11) is 1.08. The number of methoxy groups -OCH3 is 1. The fourth-order valence-corrected chi connectivity index (χ4v) is 0.842. The van der Waals surface area contributed by atoms with E-state index in [-0.39, 0.29) is 0 Å². The van der Waals surface area contributed by atoms with Crippen LogP contribution in [-0.4, -0.2) is 12.1 Å². The van der Waals surface area contributed by atoms with E-state index in [2.05, 4.69) is 4.74 Å².